The molecule has 0 unspecified atom stereocenters. The highest BCUT2D eigenvalue weighted by molar-refractivity contribution is 6.10. The third-order valence-corrected chi connectivity index (χ3v) is 2.41. The van der Waals surface area contributed by atoms with Crippen LogP contribution in [-0.2, 0) is 19.1 Å². The molecule has 0 saturated heterocycles. The summed E-state index contributed by atoms with van der Waals surface area (Å²) >= 11 is 0. The summed E-state index contributed by atoms with van der Waals surface area (Å²) in [5, 5.41) is 2.15. The van der Waals surface area contributed by atoms with Crippen LogP contribution in [-0.4, -0.2) is 36.7 Å². The number of rotatable bonds is 2. The Bertz CT molecular complexity index is 352. The van der Waals surface area contributed by atoms with E-state index in [2.05, 4.69) is 10.1 Å². The number of carbonyl (C=O) groups is 4. The van der Waals surface area contributed by atoms with Crippen LogP contribution in [0.15, 0.2) is 0 Å². The molecule has 7 nitrogen and oxygen atoms in total. The lowest BCUT2D eigenvalue weighted by Gasteiger charge is -2.26. The van der Waals surface area contributed by atoms with Gasteiger partial charge in [-0.05, 0) is 0 Å². The SMILES string of the molecule is COC(=O)N[C@@H]1C(=O)CCC(=O)[C@H]1C(N)=O. The van der Waals surface area contributed by atoms with Gasteiger partial charge >= 0.3 is 6.09 Å². The van der Waals surface area contributed by atoms with Crippen LogP contribution < -0.4 is 11.1 Å². The Morgan fingerprint density at radius 1 is 1.31 bits per heavy atom. The normalized spacial score (nSPS) is 25.1. The molecule has 1 rings (SSSR count). The second-order valence-corrected chi connectivity index (χ2v) is 3.43. The van der Waals surface area contributed by atoms with Crippen molar-refractivity contribution in [1.82, 2.24) is 5.32 Å². The van der Waals surface area contributed by atoms with Gasteiger partial charge < -0.3 is 15.8 Å². The first-order valence-electron chi connectivity index (χ1n) is 4.66. The van der Waals surface area contributed by atoms with E-state index < -0.39 is 35.5 Å². The van der Waals surface area contributed by atoms with Gasteiger partial charge in [0.1, 0.15) is 17.7 Å². The lowest BCUT2D eigenvalue weighted by Crippen LogP contribution is -2.55. The molecule has 0 aromatic heterocycles. The van der Waals surface area contributed by atoms with Gasteiger partial charge in [-0.1, -0.05) is 0 Å². The average molecular weight is 228 g/mol. The predicted octanol–water partition coefficient (Wildman–Crippen LogP) is -1.26. The Labute approximate surface area is 91.3 Å². The Morgan fingerprint density at radius 3 is 2.38 bits per heavy atom. The van der Waals surface area contributed by atoms with Gasteiger partial charge in [-0.25, -0.2) is 4.79 Å². The molecule has 0 aromatic rings. The number of ketones is 2. The minimum atomic E-state index is -1.29. The van der Waals surface area contributed by atoms with Crippen molar-refractivity contribution in [2.24, 2.45) is 11.7 Å². The second-order valence-electron chi connectivity index (χ2n) is 3.43. The molecule has 2 atom stereocenters. The molecule has 0 aliphatic heterocycles. The second kappa shape index (κ2) is 4.73. The summed E-state index contributed by atoms with van der Waals surface area (Å²) in [4.78, 5) is 44.9. The summed E-state index contributed by atoms with van der Waals surface area (Å²) in [6.45, 7) is 0. The molecule has 1 aliphatic carbocycles. The Balaban J connectivity index is 2.89. The van der Waals surface area contributed by atoms with E-state index in [9.17, 15) is 19.2 Å². The van der Waals surface area contributed by atoms with Gasteiger partial charge in [0.2, 0.25) is 5.91 Å². The number of primary amides is 1. The van der Waals surface area contributed by atoms with Gasteiger partial charge in [0.15, 0.2) is 5.78 Å². The highest BCUT2D eigenvalue weighted by atomic mass is 16.5. The smallest absolute Gasteiger partial charge is 0.407 e. The maximum Gasteiger partial charge on any atom is 0.407 e. The number of carbonyl (C=O) groups excluding carboxylic acids is 4. The summed E-state index contributed by atoms with van der Waals surface area (Å²) in [5.74, 6) is -3.04. The van der Waals surface area contributed by atoms with E-state index in [-0.39, 0.29) is 12.8 Å². The first-order valence-corrected chi connectivity index (χ1v) is 4.66. The molecular weight excluding hydrogens is 216 g/mol. The third-order valence-electron chi connectivity index (χ3n) is 2.41. The van der Waals surface area contributed by atoms with Crippen molar-refractivity contribution in [3.8, 4) is 0 Å². The highest BCUT2D eigenvalue weighted by Gasteiger charge is 2.42. The maximum atomic E-state index is 11.5. The Hall–Kier alpha value is -1.92. The van der Waals surface area contributed by atoms with Crippen molar-refractivity contribution in [3.63, 3.8) is 0 Å². The van der Waals surface area contributed by atoms with Gasteiger partial charge in [-0.2, -0.15) is 0 Å². The fourth-order valence-electron chi connectivity index (χ4n) is 1.60. The number of methoxy groups -OCH3 is 1. The minimum Gasteiger partial charge on any atom is -0.453 e. The summed E-state index contributed by atoms with van der Waals surface area (Å²) in [6.07, 6.45) is -0.900. The minimum absolute atomic E-state index is 0.00270. The molecule has 1 saturated carbocycles. The van der Waals surface area contributed by atoms with Crippen LogP contribution in [0.3, 0.4) is 0 Å². The van der Waals surface area contributed by atoms with Crippen LogP contribution in [0.25, 0.3) is 0 Å². The quantitative estimate of drug-likeness (QED) is 0.572. The predicted molar refractivity (Wildman–Crippen MR) is 51.3 cm³/mol. The van der Waals surface area contributed by atoms with Crippen LogP contribution in [0.4, 0.5) is 4.79 Å². The zero-order valence-corrected chi connectivity index (χ0v) is 8.69. The van der Waals surface area contributed by atoms with Crippen molar-refractivity contribution in [2.75, 3.05) is 7.11 Å². The first-order chi connectivity index (χ1) is 7.47. The molecule has 0 spiro atoms. The fraction of sp³-hybridized carbons (Fsp3) is 0.556. The highest BCUT2D eigenvalue weighted by Crippen LogP contribution is 2.18. The van der Waals surface area contributed by atoms with Gasteiger partial charge in [-0.3, -0.25) is 14.4 Å². The number of Topliss-reactive ketones (excluding diaryl/α,β-unsaturated/α-hetero) is 2. The average Bonchev–Trinajstić information content (AvgIpc) is 2.22. The number of hydrogen-bond acceptors (Lipinski definition) is 5. The lowest BCUT2D eigenvalue weighted by atomic mass is 9.82. The van der Waals surface area contributed by atoms with E-state index in [1.165, 1.54) is 0 Å². The van der Waals surface area contributed by atoms with Gasteiger partial charge in [0.05, 0.1) is 7.11 Å². The van der Waals surface area contributed by atoms with Gasteiger partial charge in [-0.15, -0.1) is 0 Å². The molecule has 0 bridgehead atoms. The standard InChI is InChI=1S/C9H12N2O5/c1-16-9(15)11-7-5(13)3-2-4(12)6(7)8(10)14/h6-7H,2-3H2,1H3,(H2,10,14)(H,11,15)/t6-,7-/m1/s1. The molecule has 0 heterocycles. The van der Waals surface area contributed by atoms with Crippen LogP contribution in [0.2, 0.25) is 0 Å². The van der Waals surface area contributed by atoms with E-state index >= 15 is 0 Å². The van der Waals surface area contributed by atoms with Crippen molar-refractivity contribution in [1.29, 1.82) is 0 Å². The fourth-order valence-corrected chi connectivity index (χ4v) is 1.60. The Kier molecular flexibility index (Phi) is 3.60. The summed E-state index contributed by atoms with van der Waals surface area (Å²) in [7, 11) is 1.11. The number of nitrogens with one attached hydrogen (secondary N) is 1. The van der Waals surface area contributed by atoms with E-state index in [0.29, 0.717) is 0 Å². The van der Waals surface area contributed by atoms with E-state index in [4.69, 9.17) is 5.73 Å². The topological polar surface area (TPSA) is 116 Å². The molecule has 2 amide bonds. The Morgan fingerprint density at radius 2 is 1.88 bits per heavy atom. The van der Waals surface area contributed by atoms with Crippen LogP contribution >= 0.6 is 0 Å². The van der Waals surface area contributed by atoms with Gasteiger partial charge in [0.25, 0.3) is 0 Å². The first kappa shape index (κ1) is 12.2. The molecule has 0 radical (unpaired) electrons. The van der Waals surface area contributed by atoms with Crippen LogP contribution in [0.1, 0.15) is 12.8 Å². The molecular formula is C9H12N2O5. The molecule has 16 heavy (non-hydrogen) atoms. The summed E-state index contributed by atoms with van der Waals surface area (Å²) < 4.78 is 4.30. The number of nitrogens with two attached hydrogens (primary N) is 1. The number of amides is 2. The molecule has 88 valence electrons. The maximum absolute atomic E-state index is 11.5. The molecule has 3 N–H and O–H groups in total. The molecule has 0 aromatic carbocycles. The van der Waals surface area contributed by atoms with Crippen molar-refractivity contribution in [3.05, 3.63) is 0 Å². The van der Waals surface area contributed by atoms with E-state index in [0.717, 1.165) is 7.11 Å². The zero-order valence-electron chi connectivity index (χ0n) is 8.69. The summed E-state index contributed by atoms with van der Waals surface area (Å²) in [6, 6.07) is -1.20. The number of ether oxygens (including phenoxy) is 1. The van der Waals surface area contributed by atoms with Crippen molar-refractivity contribution < 1.29 is 23.9 Å². The van der Waals surface area contributed by atoms with Gasteiger partial charge in [0, 0.05) is 12.8 Å². The molecule has 7 heteroatoms. The van der Waals surface area contributed by atoms with Crippen molar-refractivity contribution in [2.45, 2.75) is 18.9 Å². The number of hydrogen-bond donors (Lipinski definition) is 2. The zero-order chi connectivity index (χ0) is 12.3. The van der Waals surface area contributed by atoms with E-state index in [1.807, 2.05) is 0 Å². The monoisotopic (exact) mass is 228 g/mol. The van der Waals surface area contributed by atoms with E-state index in [1.54, 1.807) is 0 Å². The molecule has 1 aliphatic rings. The third kappa shape index (κ3) is 2.36. The van der Waals surface area contributed by atoms with Crippen LogP contribution in [0.5, 0.6) is 0 Å². The van der Waals surface area contributed by atoms with Crippen LogP contribution in [0, 0.1) is 5.92 Å². The lowest BCUT2D eigenvalue weighted by molar-refractivity contribution is -0.141. The largest absolute Gasteiger partial charge is 0.453 e. The molecule has 1 fully saturated rings. The summed E-state index contributed by atoms with van der Waals surface area (Å²) in [5.41, 5.74) is 5.02. The van der Waals surface area contributed by atoms with Crippen molar-refractivity contribution >= 4 is 23.6 Å². The number of alkyl carbamates (subject to hydrolysis) is 1.